The van der Waals surface area contributed by atoms with Crippen molar-refractivity contribution >= 4 is 11.8 Å². The minimum Gasteiger partial charge on any atom is -0.379 e. The number of nitrogens with one attached hydrogen (secondary N) is 2. The average Bonchev–Trinajstić information content (AvgIpc) is 3.06. The molecule has 0 amide bonds. The van der Waals surface area contributed by atoms with Crippen LogP contribution in [0.2, 0.25) is 0 Å². The standard InChI is InChI=1S/C15H22N6O/c1-4-13(12-22-11-1)19-14-5-8-17-15(20-14)16-6-2-9-21-10-3-7-18-21/h3,5,7-8,10,13H,1-2,4,6,9,11-12H2,(H2,16,17,19,20)/t13-/m0/s1. The third-order valence-electron chi connectivity index (χ3n) is 3.57. The zero-order valence-corrected chi connectivity index (χ0v) is 12.6. The lowest BCUT2D eigenvalue weighted by Crippen LogP contribution is -2.30. The molecule has 0 bridgehead atoms. The molecule has 0 radical (unpaired) electrons. The zero-order chi connectivity index (χ0) is 15.0. The maximum atomic E-state index is 5.47. The van der Waals surface area contributed by atoms with Crippen LogP contribution in [0.1, 0.15) is 19.3 Å². The molecule has 7 heteroatoms. The monoisotopic (exact) mass is 302 g/mol. The third kappa shape index (κ3) is 4.42. The number of aryl methyl sites for hydroxylation is 1. The van der Waals surface area contributed by atoms with E-state index in [-0.39, 0.29) is 0 Å². The second-order valence-electron chi connectivity index (χ2n) is 5.37. The summed E-state index contributed by atoms with van der Waals surface area (Å²) in [5, 5.41) is 10.8. The fourth-order valence-electron chi connectivity index (χ4n) is 2.46. The van der Waals surface area contributed by atoms with Crippen LogP contribution in [0.15, 0.2) is 30.7 Å². The van der Waals surface area contributed by atoms with Gasteiger partial charge in [-0.25, -0.2) is 4.98 Å². The number of nitrogens with zero attached hydrogens (tertiary/aromatic N) is 4. The number of hydrogen-bond donors (Lipinski definition) is 2. The van der Waals surface area contributed by atoms with Gasteiger partial charge in [0.2, 0.25) is 5.95 Å². The Morgan fingerprint density at radius 2 is 2.36 bits per heavy atom. The van der Waals surface area contributed by atoms with Crippen LogP contribution in [0, 0.1) is 0 Å². The summed E-state index contributed by atoms with van der Waals surface area (Å²) >= 11 is 0. The largest absolute Gasteiger partial charge is 0.379 e. The number of anilines is 2. The summed E-state index contributed by atoms with van der Waals surface area (Å²) in [7, 11) is 0. The fraction of sp³-hybridized carbons (Fsp3) is 0.533. The molecule has 2 aromatic rings. The van der Waals surface area contributed by atoms with Gasteiger partial charge in [0.25, 0.3) is 0 Å². The lowest BCUT2D eigenvalue weighted by atomic mass is 10.1. The summed E-state index contributed by atoms with van der Waals surface area (Å²) in [5.41, 5.74) is 0. The van der Waals surface area contributed by atoms with Gasteiger partial charge < -0.3 is 15.4 Å². The molecule has 7 nitrogen and oxygen atoms in total. The minimum absolute atomic E-state index is 0.344. The lowest BCUT2D eigenvalue weighted by molar-refractivity contribution is 0.0875. The molecule has 1 aliphatic rings. The number of ether oxygens (including phenoxy) is 1. The maximum absolute atomic E-state index is 5.47. The molecular weight excluding hydrogens is 280 g/mol. The van der Waals surface area contributed by atoms with Crippen molar-refractivity contribution < 1.29 is 4.74 Å². The molecule has 2 N–H and O–H groups in total. The highest BCUT2D eigenvalue weighted by atomic mass is 16.5. The van der Waals surface area contributed by atoms with Gasteiger partial charge in [0.05, 0.1) is 12.6 Å². The second-order valence-corrected chi connectivity index (χ2v) is 5.37. The fourth-order valence-corrected chi connectivity index (χ4v) is 2.46. The van der Waals surface area contributed by atoms with Crippen LogP contribution >= 0.6 is 0 Å². The summed E-state index contributed by atoms with van der Waals surface area (Å²) in [6.07, 6.45) is 8.72. The van der Waals surface area contributed by atoms with Gasteiger partial charge in [-0.3, -0.25) is 4.68 Å². The molecule has 0 aliphatic carbocycles. The first-order valence-electron chi connectivity index (χ1n) is 7.79. The van der Waals surface area contributed by atoms with E-state index in [1.165, 1.54) is 0 Å². The van der Waals surface area contributed by atoms with E-state index in [1.807, 2.05) is 23.0 Å². The second kappa shape index (κ2) is 7.74. The minimum atomic E-state index is 0.344. The Bertz CT molecular complexity index is 553. The molecule has 22 heavy (non-hydrogen) atoms. The summed E-state index contributed by atoms with van der Waals surface area (Å²) < 4.78 is 7.39. The Morgan fingerprint density at radius 3 is 3.18 bits per heavy atom. The molecule has 118 valence electrons. The van der Waals surface area contributed by atoms with Gasteiger partial charge in [-0.05, 0) is 31.4 Å². The van der Waals surface area contributed by atoms with Crippen molar-refractivity contribution in [2.45, 2.75) is 31.8 Å². The van der Waals surface area contributed by atoms with Crippen LogP contribution in [0.3, 0.4) is 0 Å². The molecule has 3 heterocycles. The van der Waals surface area contributed by atoms with Crippen molar-refractivity contribution in [3.63, 3.8) is 0 Å². The Balaban J connectivity index is 1.44. The summed E-state index contributed by atoms with van der Waals surface area (Å²) in [4.78, 5) is 8.74. The van der Waals surface area contributed by atoms with Crippen molar-refractivity contribution in [1.29, 1.82) is 0 Å². The average molecular weight is 302 g/mol. The van der Waals surface area contributed by atoms with E-state index >= 15 is 0 Å². The van der Waals surface area contributed by atoms with Crippen LogP contribution in [0.4, 0.5) is 11.8 Å². The third-order valence-corrected chi connectivity index (χ3v) is 3.57. The molecule has 0 unspecified atom stereocenters. The van der Waals surface area contributed by atoms with Crippen LogP contribution in [-0.4, -0.2) is 45.5 Å². The molecule has 1 atom stereocenters. The predicted octanol–water partition coefficient (Wildman–Crippen LogP) is 1.77. The lowest BCUT2D eigenvalue weighted by Gasteiger charge is -2.23. The van der Waals surface area contributed by atoms with Gasteiger partial charge in [-0.2, -0.15) is 10.1 Å². The Hall–Kier alpha value is -2.15. The van der Waals surface area contributed by atoms with Crippen LogP contribution < -0.4 is 10.6 Å². The Morgan fingerprint density at radius 1 is 1.36 bits per heavy atom. The zero-order valence-electron chi connectivity index (χ0n) is 12.6. The highest BCUT2D eigenvalue weighted by Crippen LogP contribution is 2.13. The van der Waals surface area contributed by atoms with Crippen LogP contribution in [0.25, 0.3) is 0 Å². The quantitative estimate of drug-likeness (QED) is 0.759. The van der Waals surface area contributed by atoms with Gasteiger partial charge in [0.1, 0.15) is 5.82 Å². The SMILES string of the molecule is c1cnn(CCCNc2nccc(N[C@H]3CCCOC3)n2)c1. The molecule has 1 aliphatic heterocycles. The topological polar surface area (TPSA) is 76.9 Å². The first-order chi connectivity index (χ1) is 10.9. The predicted molar refractivity (Wildman–Crippen MR) is 84.8 cm³/mol. The van der Waals surface area contributed by atoms with E-state index in [9.17, 15) is 0 Å². The van der Waals surface area contributed by atoms with Crippen molar-refractivity contribution in [2.75, 3.05) is 30.4 Å². The first kappa shape index (κ1) is 14.8. The number of hydrogen-bond acceptors (Lipinski definition) is 6. The van der Waals surface area contributed by atoms with Crippen molar-refractivity contribution in [1.82, 2.24) is 19.7 Å². The highest BCUT2D eigenvalue weighted by molar-refractivity contribution is 5.40. The maximum Gasteiger partial charge on any atom is 0.224 e. The molecule has 2 aromatic heterocycles. The Kier molecular flexibility index (Phi) is 5.20. The van der Waals surface area contributed by atoms with Gasteiger partial charge >= 0.3 is 0 Å². The van der Waals surface area contributed by atoms with Crippen LogP contribution in [-0.2, 0) is 11.3 Å². The van der Waals surface area contributed by atoms with E-state index in [1.54, 1.807) is 12.4 Å². The van der Waals surface area contributed by atoms with Crippen molar-refractivity contribution in [3.05, 3.63) is 30.7 Å². The van der Waals surface area contributed by atoms with E-state index in [0.717, 1.165) is 51.4 Å². The van der Waals surface area contributed by atoms with E-state index in [4.69, 9.17) is 4.74 Å². The molecule has 0 spiro atoms. The highest BCUT2D eigenvalue weighted by Gasteiger charge is 2.14. The van der Waals surface area contributed by atoms with E-state index in [2.05, 4.69) is 25.7 Å². The van der Waals surface area contributed by atoms with Gasteiger partial charge in [-0.1, -0.05) is 0 Å². The van der Waals surface area contributed by atoms with Crippen molar-refractivity contribution in [2.24, 2.45) is 0 Å². The first-order valence-corrected chi connectivity index (χ1v) is 7.79. The summed E-state index contributed by atoms with van der Waals surface area (Å²) in [6, 6.07) is 4.17. The molecule has 0 saturated carbocycles. The van der Waals surface area contributed by atoms with E-state index < -0.39 is 0 Å². The summed E-state index contributed by atoms with van der Waals surface area (Å²) in [6.45, 7) is 3.31. The van der Waals surface area contributed by atoms with E-state index in [0.29, 0.717) is 12.0 Å². The molecular formula is C15H22N6O. The molecule has 0 aromatic carbocycles. The van der Waals surface area contributed by atoms with Gasteiger partial charge in [0, 0.05) is 38.3 Å². The smallest absolute Gasteiger partial charge is 0.224 e. The number of rotatable bonds is 7. The molecule has 1 saturated heterocycles. The van der Waals surface area contributed by atoms with Gasteiger partial charge in [-0.15, -0.1) is 0 Å². The van der Waals surface area contributed by atoms with Crippen LogP contribution in [0.5, 0.6) is 0 Å². The molecule has 3 rings (SSSR count). The normalized spacial score (nSPS) is 18.1. The Labute approximate surface area is 130 Å². The number of aromatic nitrogens is 4. The summed E-state index contributed by atoms with van der Waals surface area (Å²) in [5.74, 6) is 1.50. The molecule has 1 fully saturated rings. The van der Waals surface area contributed by atoms with Crippen molar-refractivity contribution in [3.8, 4) is 0 Å². The van der Waals surface area contributed by atoms with Gasteiger partial charge in [0.15, 0.2) is 0 Å².